The molecule has 2 aromatic carbocycles. The molecule has 0 saturated heterocycles. The van der Waals surface area contributed by atoms with Crippen LogP contribution in [0.3, 0.4) is 0 Å². The number of hydrogen-bond donors (Lipinski definition) is 1. The van der Waals surface area contributed by atoms with Gasteiger partial charge in [-0.25, -0.2) is 4.98 Å². The maximum absolute atomic E-state index is 5.30. The molecule has 0 unspecified atom stereocenters. The zero-order chi connectivity index (χ0) is 25.2. The second-order valence-electron chi connectivity index (χ2n) is 10.3. The summed E-state index contributed by atoms with van der Waals surface area (Å²) in [6.07, 6.45) is 8.02. The van der Waals surface area contributed by atoms with E-state index in [1.807, 2.05) is 19.2 Å². The fourth-order valence-corrected chi connectivity index (χ4v) is 5.28. The van der Waals surface area contributed by atoms with Crippen molar-refractivity contribution in [1.29, 1.82) is 0 Å². The summed E-state index contributed by atoms with van der Waals surface area (Å²) in [5.41, 5.74) is 9.65. The molecule has 0 atom stereocenters. The standard InChI is InChI=1S/C32H33N5/c1-22-12-15-24(16-13-22)21-37-31-11-7-6-10-27(31)36-30-18-28(35-26-17-14-23(2)33-20-26)29(19-32(30)37)34-25-8-4-3-5-9-25/h6-7,10-20,25,35H,3-5,8-9,21H2,1-2H3. The zero-order valence-electron chi connectivity index (χ0n) is 21.6. The number of pyridine rings is 1. The van der Waals surface area contributed by atoms with E-state index >= 15 is 0 Å². The predicted molar refractivity (Wildman–Crippen MR) is 151 cm³/mol. The first kappa shape index (κ1) is 23.4. The summed E-state index contributed by atoms with van der Waals surface area (Å²) in [7, 11) is 0. The molecule has 3 aromatic rings. The molecule has 0 bridgehead atoms. The van der Waals surface area contributed by atoms with Crippen LogP contribution in [0.2, 0.25) is 0 Å². The van der Waals surface area contributed by atoms with Gasteiger partial charge in [0.15, 0.2) is 0 Å². The van der Waals surface area contributed by atoms with Gasteiger partial charge >= 0.3 is 0 Å². The summed E-state index contributed by atoms with van der Waals surface area (Å²) in [5.74, 6) is 0. The van der Waals surface area contributed by atoms with Crippen molar-refractivity contribution in [2.24, 2.45) is 4.99 Å². The van der Waals surface area contributed by atoms with Gasteiger partial charge in [0.2, 0.25) is 0 Å². The molecule has 1 N–H and O–H groups in total. The molecule has 0 amide bonds. The molecule has 5 heteroatoms. The third-order valence-corrected chi connectivity index (χ3v) is 7.35. The van der Waals surface area contributed by atoms with Crippen molar-refractivity contribution in [3.05, 3.63) is 101 Å². The Morgan fingerprint density at radius 3 is 2.51 bits per heavy atom. The minimum absolute atomic E-state index is 0.363. The Morgan fingerprint density at radius 2 is 1.73 bits per heavy atom. The predicted octanol–water partition coefficient (Wildman–Crippen LogP) is 7.18. The minimum atomic E-state index is 0.363. The number of aryl methyl sites for hydroxylation is 2. The molecule has 1 fully saturated rings. The Bertz CT molecular complexity index is 1560. The number of aromatic nitrogens is 3. The van der Waals surface area contributed by atoms with Crippen molar-refractivity contribution < 1.29 is 0 Å². The number of nitrogens with zero attached hydrogens (tertiary/aromatic N) is 4. The lowest BCUT2D eigenvalue weighted by molar-refractivity contribution is 0.437. The summed E-state index contributed by atoms with van der Waals surface area (Å²) >= 11 is 0. The van der Waals surface area contributed by atoms with Crippen molar-refractivity contribution in [3.8, 4) is 11.4 Å². The number of anilines is 2. The molecule has 2 heterocycles. The summed E-state index contributed by atoms with van der Waals surface area (Å²) < 4.78 is 2.39. The molecule has 1 aromatic heterocycles. The third kappa shape index (κ3) is 5.12. The molecule has 37 heavy (non-hydrogen) atoms. The highest BCUT2D eigenvalue weighted by Gasteiger charge is 2.17. The maximum atomic E-state index is 5.30. The second-order valence-corrected chi connectivity index (χ2v) is 10.3. The highest BCUT2D eigenvalue weighted by atomic mass is 15.0. The van der Waals surface area contributed by atoms with Gasteiger partial charge in [0, 0.05) is 12.2 Å². The molecule has 2 aliphatic carbocycles. The van der Waals surface area contributed by atoms with Crippen LogP contribution in [-0.4, -0.2) is 20.6 Å². The summed E-state index contributed by atoms with van der Waals surface area (Å²) in [4.78, 5) is 14.9. The molecular formula is C32H33N5. The number of fused-ring (bicyclic) bond motifs is 2. The summed E-state index contributed by atoms with van der Waals surface area (Å²) in [5, 5.41) is 4.59. The van der Waals surface area contributed by atoms with Gasteiger partial charge in [-0.1, -0.05) is 61.2 Å². The Labute approximate surface area is 218 Å². The van der Waals surface area contributed by atoms with E-state index in [2.05, 4.69) is 88.5 Å². The monoisotopic (exact) mass is 487 g/mol. The van der Waals surface area contributed by atoms with Crippen LogP contribution < -0.4 is 10.7 Å². The Kier molecular flexibility index (Phi) is 6.44. The average molecular weight is 488 g/mol. The largest absolute Gasteiger partial charge is 0.352 e. The number of para-hydroxylation sites is 2. The van der Waals surface area contributed by atoms with E-state index < -0.39 is 0 Å². The fourth-order valence-electron chi connectivity index (χ4n) is 5.28. The smallest absolute Gasteiger partial charge is 0.0897 e. The molecule has 3 aliphatic rings. The Hall–Kier alpha value is -3.99. The molecular weight excluding hydrogens is 454 g/mol. The average Bonchev–Trinajstić information content (AvgIpc) is 2.92. The molecule has 186 valence electrons. The van der Waals surface area contributed by atoms with Gasteiger partial charge in [-0.2, -0.15) is 0 Å². The van der Waals surface area contributed by atoms with Gasteiger partial charge in [0.05, 0.1) is 51.4 Å². The lowest BCUT2D eigenvalue weighted by Gasteiger charge is -2.22. The highest BCUT2D eigenvalue weighted by molar-refractivity contribution is 5.82. The summed E-state index contributed by atoms with van der Waals surface area (Å²) in [6.45, 7) is 4.91. The molecule has 6 rings (SSSR count). The fraction of sp³-hybridized carbons (Fsp3) is 0.281. The van der Waals surface area contributed by atoms with Gasteiger partial charge < -0.3 is 9.88 Å². The van der Waals surface area contributed by atoms with Crippen LogP contribution in [0.25, 0.3) is 22.4 Å². The van der Waals surface area contributed by atoms with Gasteiger partial charge in [-0.3, -0.25) is 9.98 Å². The zero-order valence-corrected chi connectivity index (χ0v) is 21.6. The van der Waals surface area contributed by atoms with Gasteiger partial charge in [-0.15, -0.1) is 0 Å². The maximum Gasteiger partial charge on any atom is 0.0897 e. The van der Waals surface area contributed by atoms with E-state index in [1.165, 1.54) is 30.4 Å². The summed E-state index contributed by atoms with van der Waals surface area (Å²) in [6, 6.07) is 26.1. The van der Waals surface area contributed by atoms with Crippen LogP contribution in [0, 0.1) is 13.8 Å². The normalized spacial score (nSPS) is 14.9. The van der Waals surface area contributed by atoms with Crippen molar-refractivity contribution in [2.75, 3.05) is 5.32 Å². The van der Waals surface area contributed by atoms with E-state index in [-0.39, 0.29) is 0 Å². The highest BCUT2D eigenvalue weighted by Crippen LogP contribution is 2.29. The quantitative estimate of drug-likeness (QED) is 0.267. The Morgan fingerprint density at radius 1 is 0.919 bits per heavy atom. The van der Waals surface area contributed by atoms with E-state index in [1.54, 1.807) is 0 Å². The van der Waals surface area contributed by atoms with Gasteiger partial charge in [0.1, 0.15) is 0 Å². The van der Waals surface area contributed by atoms with Crippen molar-refractivity contribution in [1.82, 2.24) is 14.5 Å². The van der Waals surface area contributed by atoms with Crippen molar-refractivity contribution in [2.45, 2.75) is 58.5 Å². The molecule has 0 spiro atoms. The minimum Gasteiger partial charge on any atom is -0.352 e. The number of hydrogen-bond acceptors (Lipinski definition) is 4. The van der Waals surface area contributed by atoms with Crippen LogP contribution in [0.5, 0.6) is 0 Å². The lowest BCUT2D eigenvalue weighted by atomic mass is 9.96. The topological polar surface area (TPSA) is 55.1 Å². The lowest BCUT2D eigenvalue weighted by Crippen LogP contribution is -2.20. The molecule has 0 radical (unpaired) electrons. The third-order valence-electron chi connectivity index (χ3n) is 7.35. The number of nitrogens with one attached hydrogen (secondary N) is 1. The first-order valence-electron chi connectivity index (χ1n) is 13.3. The van der Waals surface area contributed by atoms with E-state index in [0.29, 0.717) is 6.04 Å². The van der Waals surface area contributed by atoms with E-state index in [0.717, 1.165) is 64.2 Å². The van der Waals surface area contributed by atoms with E-state index in [9.17, 15) is 0 Å². The Balaban J connectivity index is 1.55. The van der Waals surface area contributed by atoms with Gasteiger partial charge in [-0.05, 0) is 68.7 Å². The number of benzene rings is 3. The van der Waals surface area contributed by atoms with Crippen molar-refractivity contribution >= 4 is 22.4 Å². The molecule has 1 aliphatic heterocycles. The van der Waals surface area contributed by atoms with Crippen molar-refractivity contribution in [3.63, 3.8) is 0 Å². The van der Waals surface area contributed by atoms with Crippen LogP contribution in [0.15, 0.2) is 84.0 Å². The molecule has 5 nitrogen and oxygen atoms in total. The van der Waals surface area contributed by atoms with Crippen LogP contribution in [-0.2, 0) is 6.54 Å². The van der Waals surface area contributed by atoms with Gasteiger partial charge in [0.25, 0.3) is 0 Å². The first-order valence-corrected chi connectivity index (χ1v) is 13.3. The second kappa shape index (κ2) is 10.2. The number of rotatable bonds is 5. The first-order chi connectivity index (χ1) is 18.1. The van der Waals surface area contributed by atoms with E-state index in [4.69, 9.17) is 9.98 Å². The van der Waals surface area contributed by atoms with Crippen LogP contribution in [0.1, 0.15) is 48.9 Å². The SMILES string of the molecule is Cc1ccc(Cn2c3cc(=NC4CCCCC4)c(Nc4ccc(C)nc4)cc-3nc3ccccc32)cc1. The van der Waals surface area contributed by atoms with Crippen LogP contribution in [0.4, 0.5) is 11.4 Å². The molecule has 1 saturated carbocycles. The van der Waals surface area contributed by atoms with Crippen LogP contribution >= 0.6 is 0 Å².